The third-order valence-corrected chi connectivity index (χ3v) is 4.52. The van der Waals surface area contributed by atoms with Crippen molar-refractivity contribution in [2.45, 2.75) is 24.9 Å². The lowest BCUT2D eigenvalue weighted by molar-refractivity contribution is -0.0670. The Morgan fingerprint density at radius 1 is 1.25 bits per heavy atom. The molecule has 0 bridgehead atoms. The van der Waals surface area contributed by atoms with E-state index in [4.69, 9.17) is 35.3 Å². The van der Waals surface area contributed by atoms with Gasteiger partial charge in [-0.25, -0.2) is 4.98 Å². The van der Waals surface area contributed by atoms with Gasteiger partial charge in [0.05, 0.1) is 38.7 Å². The fraction of sp³-hybridized carbons (Fsp3) is 0.706. The number of halogens is 1. The predicted molar refractivity (Wildman–Crippen MR) is 88.8 cm³/mol. The third kappa shape index (κ3) is 4.00. The normalized spacial score (nSPS) is 22.8. The maximum absolute atomic E-state index is 6.21. The van der Waals surface area contributed by atoms with E-state index in [1.165, 1.54) is 0 Å². The molecule has 0 radical (unpaired) electrons. The van der Waals surface area contributed by atoms with Crippen molar-refractivity contribution < 1.29 is 23.7 Å². The second-order valence-corrected chi connectivity index (χ2v) is 6.36. The Balaban J connectivity index is 1.63. The van der Waals surface area contributed by atoms with Gasteiger partial charge in [-0.2, -0.15) is 0 Å². The quantitative estimate of drug-likeness (QED) is 0.526. The lowest BCUT2D eigenvalue weighted by Crippen LogP contribution is -2.37. The van der Waals surface area contributed by atoms with Crippen LogP contribution in [0, 0.1) is 0 Å². The van der Waals surface area contributed by atoms with Gasteiger partial charge in [-0.15, -0.1) is 0 Å². The fourth-order valence-electron chi connectivity index (χ4n) is 3.12. The molecular weight excluding hydrogens is 334 g/mol. The van der Waals surface area contributed by atoms with Gasteiger partial charge in [0.15, 0.2) is 0 Å². The number of pyridine rings is 1. The van der Waals surface area contributed by atoms with Crippen LogP contribution in [0.15, 0.2) is 6.07 Å². The third-order valence-electron chi connectivity index (χ3n) is 4.32. The molecule has 0 aliphatic carbocycles. The van der Waals surface area contributed by atoms with E-state index in [0.29, 0.717) is 51.4 Å². The summed E-state index contributed by atoms with van der Waals surface area (Å²) in [6.07, 6.45) is 2.39. The SMILES string of the molecule is COCCOCCCOc1cc(Cl)nc2c1CCOC21CCOC1. The monoisotopic (exact) mass is 357 g/mol. The zero-order chi connectivity index (χ0) is 16.8. The average molecular weight is 358 g/mol. The molecule has 24 heavy (non-hydrogen) atoms. The molecule has 1 saturated heterocycles. The summed E-state index contributed by atoms with van der Waals surface area (Å²) < 4.78 is 27.9. The molecule has 1 aromatic heterocycles. The molecule has 1 atom stereocenters. The van der Waals surface area contributed by atoms with E-state index >= 15 is 0 Å². The Hall–Kier alpha value is -0.920. The fourth-order valence-corrected chi connectivity index (χ4v) is 3.30. The number of rotatable bonds is 8. The Morgan fingerprint density at radius 2 is 2.17 bits per heavy atom. The van der Waals surface area contributed by atoms with E-state index in [2.05, 4.69) is 4.98 Å². The molecule has 6 nitrogen and oxygen atoms in total. The van der Waals surface area contributed by atoms with Crippen molar-refractivity contribution in [3.63, 3.8) is 0 Å². The van der Waals surface area contributed by atoms with Gasteiger partial charge in [0, 0.05) is 51.2 Å². The second kappa shape index (κ2) is 8.45. The molecular formula is C17H24ClNO5. The number of aromatic nitrogens is 1. The Kier molecular flexibility index (Phi) is 6.30. The highest BCUT2D eigenvalue weighted by Crippen LogP contribution is 2.42. The summed E-state index contributed by atoms with van der Waals surface area (Å²) in [5, 5.41) is 0.428. The second-order valence-electron chi connectivity index (χ2n) is 5.97. The molecule has 3 rings (SSSR count). The molecule has 0 saturated carbocycles. The maximum atomic E-state index is 6.21. The van der Waals surface area contributed by atoms with E-state index in [-0.39, 0.29) is 0 Å². The van der Waals surface area contributed by atoms with Gasteiger partial charge in [0.2, 0.25) is 0 Å². The average Bonchev–Trinajstić information content (AvgIpc) is 3.04. The molecule has 1 unspecified atom stereocenters. The van der Waals surface area contributed by atoms with Crippen LogP contribution in [0.25, 0.3) is 0 Å². The highest BCUT2D eigenvalue weighted by molar-refractivity contribution is 6.29. The van der Waals surface area contributed by atoms with Gasteiger partial charge in [-0.1, -0.05) is 11.6 Å². The minimum Gasteiger partial charge on any atom is -0.493 e. The molecule has 1 aromatic rings. The smallest absolute Gasteiger partial charge is 0.136 e. The molecule has 1 fully saturated rings. The summed E-state index contributed by atoms with van der Waals surface area (Å²) in [6.45, 7) is 4.29. The molecule has 2 aliphatic rings. The first-order chi connectivity index (χ1) is 11.7. The van der Waals surface area contributed by atoms with Crippen molar-refractivity contribution in [1.29, 1.82) is 0 Å². The van der Waals surface area contributed by atoms with Gasteiger partial charge in [-0.05, 0) is 0 Å². The van der Waals surface area contributed by atoms with Crippen LogP contribution in [-0.2, 0) is 31.0 Å². The molecule has 7 heteroatoms. The zero-order valence-corrected chi connectivity index (χ0v) is 14.8. The maximum Gasteiger partial charge on any atom is 0.136 e. The molecule has 2 aliphatic heterocycles. The van der Waals surface area contributed by atoms with Crippen LogP contribution in [0.4, 0.5) is 0 Å². The molecule has 1 spiro atoms. The van der Waals surface area contributed by atoms with Gasteiger partial charge >= 0.3 is 0 Å². The van der Waals surface area contributed by atoms with Crippen LogP contribution >= 0.6 is 11.6 Å². The molecule has 0 aromatic carbocycles. The number of fused-ring (bicyclic) bond motifs is 2. The first-order valence-electron chi connectivity index (χ1n) is 8.36. The summed E-state index contributed by atoms with van der Waals surface area (Å²) in [4.78, 5) is 4.53. The Morgan fingerprint density at radius 3 is 2.96 bits per heavy atom. The summed E-state index contributed by atoms with van der Waals surface area (Å²) in [6, 6.07) is 1.79. The van der Waals surface area contributed by atoms with Crippen molar-refractivity contribution in [3.8, 4) is 5.75 Å². The number of nitrogens with zero attached hydrogens (tertiary/aromatic N) is 1. The van der Waals surface area contributed by atoms with Crippen molar-refractivity contribution >= 4 is 11.6 Å². The van der Waals surface area contributed by atoms with E-state index in [9.17, 15) is 0 Å². The minimum absolute atomic E-state index is 0.428. The van der Waals surface area contributed by atoms with Crippen molar-refractivity contribution in [3.05, 3.63) is 22.5 Å². The highest BCUT2D eigenvalue weighted by atomic mass is 35.5. The zero-order valence-electron chi connectivity index (χ0n) is 14.0. The van der Waals surface area contributed by atoms with Crippen LogP contribution < -0.4 is 4.74 Å². The van der Waals surface area contributed by atoms with E-state index in [1.807, 2.05) is 0 Å². The minimum atomic E-state index is -0.458. The van der Waals surface area contributed by atoms with Crippen LogP contribution in [0.1, 0.15) is 24.1 Å². The lowest BCUT2D eigenvalue weighted by atomic mass is 9.90. The topological polar surface area (TPSA) is 59.0 Å². The summed E-state index contributed by atoms with van der Waals surface area (Å²) in [7, 11) is 1.66. The predicted octanol–water partition coefficient (Wildman–Crippen LogP) is 2.36. The summed E-state index contributed by atoms with van der Waals surface area (Å²) in [5.74, 6) is 0.802. The molecule has 0 N–H and O–H groups in total. The standard InChI is InChI=1S/C17H24ClNO5/c1-20-9-10-21-5-2-6-23-14-11-15(18)19-16-13(14)3-7-24-17(16)4-8-22-12-17/h11H,2-10,12H2,1H3. The van der Waals surface area contributed by atoms with Crippen LogP contribution in [0.3, 0.4) is 0 Å². The summed E-state index contributed by atoms with van der Waals surface area (Å²) in [5.41, 5.74) is 1.52. The van der Waals surface area contributed by atoms with Crippen molar-refractivity contribution in [2.24, 2.45) is 0 Å². The van der Waals surface area contributed by atoms with E-state index < -0.39 is 5.60 Å². The number of methoxy groups -OCH3 is 1. The van der Waals surface area contributed by atoms with E-state index in [1.54, 1.807) is 13.2 Å². The van der Waals surface area contributed by atoms with Gasteiger partial charge in [0.25, 0.3) is 0 Å². The number of ether oxygens (including phenoxy) is 5. The van der Waals surface area contributed by atoms with Gasteiger partial charge < -0.3 is 23.7 Å². The Labute approximate surface area is 147 Å². The first kappa shape index (κ1) is 17.9. The van der Waals surface area contributed by atoms with Gasteiger partial charge in [0.1, 0.15) is 16.5 Å². The summed E-state index contributed by atoms with van der Waals surface area (Å²) >= 11 is 6.21. The van der Waals surface area contributed by atoms with Crippen LogP contribution in [-0.4, -0.2) is 58.3 Å². The molecule has 3 heterocycles. The van der Waals surface area contributed by atoms with Gasteiger partial charge in [-0.3, -0.25) is 0 Å². The molecule has 134 valence electrons. The van der Waals surface area contributed by atoms with E-state index in [0.717, 1.165) is 36.3 Å². The lowest BCUT2D eigenvalue weighted by Gasteiger charge is -2.34. The van der Waals surface area contributed by atoms with Crippen molar-refractivity contribution in [2.75, 3.05) is 53.4 Å². The Bertz CT molecular complexity index is 548. The van der Waals surface area contributed by atoms with Crippen molar-refractivity contribution in [1.82, 2.24) is 4.98 Å². The largest absolute Gasteiger partial charge is 0.493 e. The number of hydrogen-bond acceptors (Lipinski definition) is 6. The first-order valence-corrected chi connectivity index (χ1v) is 8.74. The molecule has 0 amide bonds. The van der Waals surface area contributed by atoms with Crippen LogP contribution in [0.2, 0.25) is 5.15 Å². The van der Waals surface area contributed by atoms with Crippen LogP contribution in [0.5, 0.6) is 5.75 Å². The number of hydrogen-bond donors (Lipinski definition) is 0. The highest BCUT2D eigenvalue weighted by Gasteiger charge is 2.44.